The zero-order chi connectivity index (χ0) is 23.2. The summed E-state index contributed by atoms with van der Waals surface area (Å²) in [4.78, 5) is 11.5. The Bertz CT molecular complexity index is 1290. The lowest BCUT2D eigenvalue weighted by atomic mass is 9.84. The quantitative estimate of drug-likeness (QED) is 0.548. The van der Waals surface area contributed by atoms with Crippen LogP contribution in [0.4, 0.5) is 4.39 Å². The Balaban J connectivity index is 1.99. The van der Waals surface area contributed by atoms with Crippen molar-refractivity contribution in [2.75, 3.05) is 6.26 Å². The number of rotatable bonds is 6. The van der Waals surface area contributed by atoms with Gasteiger partial charge in [-0.2, -0.15) is 0 Å². The van der Waals surface area contributed by atoms with Gasteiger partial charge >= 0.3 is 5.97 Å². The van der Waals surface area contributed by atoms with Crippen LogP contribution in [0.1, 0.15) is 67.3 Å². The molecule has 3 aromatic rings. The van der Waals surface area contributed by atoms with E-state index in [1.165, 1.54) is 11.6 Å². The second-order valence-corrected chi connectivity index (χ2v) is 11.1. The zero-order valence-electron chi connectivity index (χ0n) is 18.6. The molecule has 0 saturated heterocycles. The van der Waals surface area contributed by atoms with Crippen molar-refractivity contribution in [2.45, 2.75) is 62.8 Å². The molecule has 0 spiro atoms. The summed E-state index contributed by atoms with van der Waals surface area (Å²) in [6.07, 6.45) is 3.22. The Morgan fingerprint density at radius 1 is 1.22 bits per heavy atom. The molecule has 1 atom stereocenters. The number of aliphatic carboxylic acids is 1. The molecule has 170 valence electrons. The van der Waals surface area contributed by atoms with Crippen molar-refractivity contribution >= 4 is 26.7 Å². The Hall–Kier alpha value is -2.67. The topological polar surface area (TPSA) is 76.4 Å². The fourth-order valence-electron chi connectivity index (χ4n) is 4.94. The number of fused-ring (bicyclic) bond motifs is 3. The van der Waals surface area contributed by atoms with Crippen LogP contribution in [0.5, 0.6) is 0 Å². The molecular weight excluding hydrogens is 429 g/mol. The summed E-state index contributed by atoms with van der Waals surface area (Å²) in [5, 5.41) is 10.1. The molecule has 1 N–H and O–H groups in total. The van der Waals surface area contributed by atoms with Gasteiger partial charge in [0.05, 0.1) is 16.8 Å². The number of hydrogen-bond acceptors (Lipinski definition) is 3. The minimum absolute atomic E-state index is 0.0354. The Morgan fingerprint density at radius 2 is 1.91 bits per heavy atom. The molecule has 7 heteroatoms. The molecule has 0 bridgehead atoms. The molecule has 0 amide bonds. The van der Waals surface area contributed by atoms with Crippen LogP contribution in [-0.4, -0.2) is 30.3 Å². The van der Waals surface area contributed by atoms with Crippen LogP contribution in [0.2, 0.25) is 0 Å². The predicted molar refractivity (Wildman–Crippen MR) is 123 cm³/mol. The van der Waals surface area contributed by atoms with Crippen molar-refractivity contribution in [2.24, 2.45) is 0 Å². The second-order valence-electron chi connectivity index (χ2n) is 9.11. The first-order chi connectivity index (χ1) is 15.1. The van der Waals surface area contributed by atoms with Gasteiger partial charge in [0.2, 0.25) is 0 Å². The van der Waals surface area contributed by atoms with E-state index in [0.717, 1.165) is 35.6 Å². The molecule has 1 aliphatic rings. The molecular formula is C25H28FNO4S. The molecule has 4 rings (SSSR count). The number of benzene rings is 2. The maximum Gasteiger partial charge on any atom is 0.304 e. The van der Waals surface area contributed by atoms with Gasteiger partial charge in [-0.15, -0.1) is 0 Å². The molecule has 5 nitrogen and oxygen atoms in total. The lowest BCUT2D eigenvalue weighted by Gasteiger charge is -2.25. The van der Waals surface area contributed by atoms with Crippen molar-refractivity contribution < 1.29 is 22.7 Å². The first-order valence-corrected chi connectivity index (χ1v) is 12.8. The first-order valence-electron chi connectivity index (χ1n) is 10.9. The molecule has 1 unspecified atom stereocenters. The van der Waals surface area contributed by atoms with Gasteiger partial charge in [0.1, 0.15) is 5.82 Å². The minimum Gasteiger partial charge on any atom is -0.481 e. The van der Waals surface area contributed by atoms with Crippen LogP contribution >= 0.6 is 0 Å². The third-order valence-corrected chi connectivity index (χ3v) is 7.52. The van der Waals surface area contributed by atoms with E-state index in [2.05, 4.69) is 26.0 Å². The highest BCUT2D eigenvalue weighted by Gasteiger charge is 2.32. The number of carboxylic acid groups (broad SMARTS) is 1. The monoisotopic (exact) mass is 457 g/mol. The number of aromatic nitrogens is 1. The summed E-state index contributed by atoms with van der Waals surface area (Å²) in [5.41, 5.74) is 4.37. The summed E-state index contributed by atoms with van der Waals surface area (Å²) in [6, 6.07) is 10.6. The van der Waals surface area contributed by atoms with Gasteiger partial charge in [-0.1, -0.05) is 38.1 Å². The second kappa shape index (κ2) is 8.35. The van der Waals surface area contributed by atoms with E-state index in [1.807, 2.05) is 16.7 Å². The molecule has 1 aromatic heterocycles. The van der Waals surface area contributed by atoms with Gasteiger partial charge in [0, 0.05) is 29.8 Å². The predicted octanol–water partition coefficient (Wildman–Crippen LogP) is 5.25. The summed E-state index contributed by atoms with van der Waals surface area (Å²) < 4.78 is 41.7. The SMILES string of the molecule is CC(C)c1ccc(Cn2c3c(c4cc(F)cc(S(C)(=O)=O)c42)CCCC3CC(=O)O)cc1. The Labute approximate surface area is 187 Å². The molecule has 1 aliphatic carbocycles. The molecule has 0 radical (unpaired) electrons. The summed E-state index contributed by atoms with van der Waals surface area (Å²) in [7, 11) is -3.70. The Kier molecular flexibility index (Phi) is 5.88. The normalized spacial score (nSPS) is 16.5. The van der Waals surface area contributed by atoms with Crippen LogP contribution < -0.4 is 0 Å². The number of sulfone groups is 1. The van der Waals surface area contributed by atoms with Gasteiger partial charge < -0.3 is 9.67 Å². The van der Waals surface area contributed by atoms with Crippen LogP contribution in [0.3, 0.4) is 0 Å². The molecule has 0 saturated carbocycles. The lowest BCUT2D eigenvalue weighted by Crippen LogP contribution is -2.18. The standard InChI is InChI=1S/C25H28FNO4S/c1-15(2)17-9-7-16(8-10-17)14-27-24-18(11-23(28)29)5-4-6-20(24)21-12-19(26)13-22(25(21)27)32(3,30)31/h7-10,12-13,15,18H,4-6,11,14H2,1-3H3,(H,28,29). The smallest absolute Gasteiger partial charge is 0.304 e. The fourth-order valence-corrected chi connectivity index (χ4v) is 5.84. The maximum absolute atomic E-state index is 14.5. The average molecular weight is 458 g/mol. The zero-order valence-corrected chi connectivity index (χ0v) is 19.4. The van der Waals surface area contributed by atoms with E-state index >= 15 is 0 Å². The van der Waals surface area contributed by atoms with Crippen molar-refractivity contribution in [1.29, 1.82) is 0 Å². The van der Waals surface area contributed by atoms with Crippen molar-refractivity contribution in [3.63, 3.8) is 0 Å². The largest absolute Gasteiger partial charge is 0.481 e. The number of hydrogen-bond donors (Lipinski definition) is 1. The number of aryl methyl sites for hydroxylation is 1. The van der Waals surface area contributed by atoms with Crippen molar-refractivity contribution in [1.82, 2.24) is 4.57 Å². The third-order valence-electron chi connectivity index (χ3n) is 6.41. The molecule has 0 aliphatic heterocycles. The summed E-state index contributed by atoms with van der Waals surface area (Å²) in [6.45, 7) is 4.64. The van der Waals surface area contributed by atoms with E-state index in [4.69, 9.17) is 0 Å². The molecule has 0 fully saturated rings. The lowest BCUT2D eigenvalue weighted by molar-refractivity contribution is -0.137. The van der Waals surface area contributed by atoms with Crippen molar-refractivity contribution in [3.05, 3.63) is 64.6 Å². The number of carboxylic acids is 1. The Morgan fingerprint density at radius 3 is 2.50 bits per heavy atom. The van der Waals surface area contributed by atoms with Gasteiger partial charge in [-0.3, -0.25) is 4.79 Å². The molecule has 32 heavy (non-hydrogen) atoms. The highest BCUT2D eigenvalue weighted by atomic mass is 32.2. The number of halogens is 1. The highest BCUT2D eigenvalue weighted by molar-refractivity contribution is 7.91. The average Bonchev–Trinajstić information content (AvgIpc) is 3.01. The highest BCUT2D eigenvalue weighted by Crippen LogP contribution is 2.42. The van der Waals surface area contributed by atoms with Crippen LogP contribution in [-0.2, 0) is 27.6 Å². The summed E-state index contributed by atoms with van der Waals surface area (Å²) >= 11 is 0. The van der Waals surface area contributed by atoms with Crippen LogP contribution in [0, 0.1) is 5.82 Å². The van der Waals surface area contributed by atoms with Gasteiger partial charge in [0.25, 0.3) is 0 Å². The van der Waals surface area contributed by atoms with E-state index in [9.17, 15) is 22.7 Å². The van der Waals surface area contributed by atoms with Gasteiger partial charge in [-0.25, -0.2) is 12.8 Å². The van der Waals surface area contributed by atoms with Crippen LogP contribution in [0.25, 0.3) is 10.9 Å². The van der Waals surface area contributed by atoms with Crippen LogP contribution in [0.15, 0.2) is 41.3 Å². The van der Waals surface area contributed by atoms with E-state index in [-0.39, 0.29) is 17.2 Å². The first kappa shape index (κ1) is 22.5. The maximum atomic E-state index is 14.5. The van der Waals surface area contributed by atoms with E-state index in [1.54, 1.807) is 0 Å². The van der Waals surface area contributed by atoms with E-state index < -0.39 is 21.6 Å². The van der Waals surface area contributed by atoms with Gasteiger partial charge in [0.15, 0.2) is 9.84 Å². The number of nitrogens with zero attached hydrogens (tertiary/aromatic N) is 1. The fraction of sp³-hybridized carbons (Fsp3) is 0.400. The molecule has 1 heterocycles. The minimum atomic E-state index is -3.70. The third kappa shape index (κ3) is 4.18. The van der Waals surface area contributed by atoms with Crippen molar-refractivity contribution in [3.8, 4) is 0 Å². The number of carbonyl (C=O) groups is 1. The van der Waals surface area contributed by atoms with Gasteiger partial charge in [-0.05, 0) is 54.0 Å². The molecule has 2 aromatic carbocycles. The summed E-state index contributed by atoms with van der Waals surface area (Å²) in [5.74, 6) is -1.34. The van der Waals surface area contributed by atoms with E-state index in [0.29, 0.717) is 36.2 Å².